The number of amides is 2. The Kier molecular flexibility index (Phi) is 5.23. The Morgan fingerprint density at radius 1 is 1.25 bits per heavy atom. The molecule has 1 saturated heterocycles. The van der Waals surface area contributed by atoms with Gasteiger partial charge in [-0.25, -0.2) is 4.79 Å². The highest BCUT2D eigenvalue weighted by Crippen LogP contribution is 2.33. The number of urea groups is 1. The molecule has 0 aromatic rings. The van der Waals surface area contributed by atoms with E-state index in [2.05, 4.69) is 22.6 Å². The van der Waals surface area contributed by atoms with Gasteiger partial charge in [-0.1, -0.05) is 0 Å². The summed E-state index contributed by atoms with van der Waals surface area (Å²) in [6, 6.07) is -0.438. The SMILES string of the molecule is CN1CCC(CNC(=O)NC(CC(=O)O)C2CC2)CC1. The van der Waals surface area contributed by atoms with Crippen LogP contribution in [0, 0.1) is 11.8 Å². The molecule has 2 fully saturated rings. The first-order chi connectivity index (χ1) is 9.54. The molecule has 6 heteroatoms. The van der Waals surface area contributed by atoms with Crippen LogP contribution in [0.1, 0.15) is 32.1 Å². The van der Waals surface area contributed by atoms with Crippen LogP contribution in [0.4, 0.5) is 4.79 Å². The number of hydrogen-bond acceptors (Lipinski definition) is 3. The summed E-state index contributed by atoms with van der Waals surface area (Å²) in [6.07, 6.45) is 4.28. The molecule has 1 saturated carbocycles. The number of carbonyl (C=O) groups excluding carboxylic acids is 1. The van der Waals surface area contributed by atoms with Crippen LogP contribution in [0.25, 0.3) is 0 Å². The Hall–Kier alpha value is -1.30. The van der Waals surface area contributed by atoms with Gasteiger partial charge in [-0.3, -0.25) is 4.79 Å². The number of rotatable bonds is 6. The number of carboxylic acid groups (broad SMARTS) is 1. The van der Waals surface area contributed by atoms with Crippen LogP contribution in [-0.4, -0.2) is 54.7 Å². The van der Waals surface area contributed by atoms with E-state index in [0.29, 0.717) is 18.4 Å². The second-order valence-corrected chi connectivity index (χ2v) is 6.14. The van der Waals surface area contributed by atoms with Gasteiger partial charge in [0, 0.05) is 12.6 Å². The maximum absolute atomic E-state index is 11.8. The van der Waals surface area contributed by atoms with Gasteiger partial charge in [0.15, 0.2) is 0 Å². The topological polar surface area (TPSA) is 81.7 Å². The zero-order valence-corrected chi connectivity index (χ0v) is 12.1. The number of carboxylic acids is 1. The number of piperidine rings is 1. The number of likely N-dealkylation sites (tertiary alicyclic amines) is 1. The van der Waals surface area contributed by atoms with Crippen LogP contribution in [0.3, 0.4) is 0 Å². The summed E-state index contributed by atoms with van der Waals surface area (Å²) in [4.78, 5) is 24.9. The molecular weight excluding hydrogens is 258 g/mol. The van der Waals surface area contributed by atoms with E-state index in [1.54, 1.807) is 0 Å². The van der Waals surface area contributed by atoms with Crippen molar-refractivity contribution in [3.63, 3.8) is 0 Å². The van der Waals surface area contributed by atoms with Crippen LogP contribution in [0.15, 0.2) is 0 Å². The van der Waals surface area contributed by atoms with Crippen LogP contribution < -0.4 is 10.6 Å². The molecule has 0 spiro atoms. The van der Waals surface area contributed by atoms with E-state index in [0.717, 1.165) is 38.8 Å². The first-order valence-electron chi connectivity index (χ1n) is 7.49. The predicted molar refractivity (Wildman–Crippen MR) is 75.5 cm³/mol. The van der Waals surface area contributed by atoms with Gasteiger partial charge < -0.3 is 20.6 Å². The van der Waals surface area contributed by atoms with Crippen LogP contribution >= 0.6 is 0 Å². The van der Waals surface area contributed by atoms with E-state index < -0.39 is 5.97 Å². The van der Waals surface area contributed by atoms with E-state index in [-0.39, 0.29) is 18.5 Å². The highest BCUT2D eigenvalue weighted by Gasteiger charge is 2.33. The van der Waals surface area contributed by atoms with Crippen molar-refractivity contribution in [1.29, 1.82) is 0 Å². The van der Waals surface area contributed by atoms with Gasteiger partial charge in [-0.05, 0) is 57.7 Å². The number of nitrogens with zero attached hydrogens (tertiary/aromatic N) is 1. The highest BCUT2D eigenvalue weighted by molar-refractivity contribution is 5.75. The molecule has 1 aliphatic heterocycles. The lowest BCUT2D eigenvalue weighted by atomic mass is 9.97. The molecule has 0 aromatic carbocycles. The standard InChI is InChI=1S/C14H25N3O3/c1-17-6-4-10(5-7-17)9-15-14(20)16-12(8-13(18)19)11-2-3-11/h10-12H,2-9H2,1H3,(H,18,19)(H2,15,16,20). The third-order valence-electron chi connectivity index (χ3n) is 4.29. The molecule has 0 aromatic heterocycles. The molecule has 0 bridgehead atoms. The number of nitrogens with one attached hydrogen (secondary N) is 2. The monoisotopic (exact) mass is 283 g/mol. The zero-order valence-electron chi connectivity index (χ0n) is 12.1. The lowest BCUT2D eigenvalue weighted by molar-refractivity contribution is -0.137. The minimum Gasteiger partial charge on any atom is -0.481 e. The third kappa shape index (κ3) is 5.00. The maximum Gasteiger partial charge on any atom is 0.315 e. The van der Waals surface area contributed by atoms with Gasteiger partial charge in [-0.15, -0.1) is 0 Å². The van der Waals surface area contributed by atoms with Gasteiger partial charge in [-0.2, -0.15) is 0 Å². The molecule has 1 atom stereocenters. The molecule has 0 radical (unpaired) electrons. The Morgan fingerprint density at radius 3 is 2.45 bits per heavy atom. The fraction of sp³-hybridized carbons (Fsp3) is 0.857. The fourth-order valence-electron chi connectivity index (χ4n) is 2.74. The second-order valence-electron chi connectivity index (χ2n) is 6.14. The van der Waals surface area contributed by atoms with Crippen LogP contribution in [-0.2, 0) is 4.79 Å². The van der Waals surface area contributed by atoms with Crippen LogP contribution in [0.2, 0.25) is 0 Å². The van der Waals surface area contributed by atoms with Gasteiger partial charge in [0.2, 0.25) is 0 Å². The smallest absolute Gasteiger partial charge is 0.315 e. The van der Waals surface area contributed by atoms with Crippen molar-refractivity contribution in [3.8, 4) is 0 Å². The quantitative estimate of drug-likeness (QED) is 0.676. The zero-order chi connectivity index (χ0) is 14.5. The van der Waals surface area contributed by atoms with Crippen LogP contribution in [0.5, 0.6) is 0 Å². The van der Waals surface area contributed by atoms with Gasteiger partial charge in [0.25, 0.3) is 0 Å². The minimum absolute atomic E-state index is 0.0201. The number of aliphatic carboxylic acids is 1. The largest absolute Gasteiger partial charge is 0.481 e. The summed E-state index contributed by atoms with van der Waals surface area (Å²) >= 11 is 0. The number of carbonyl (C=O) groups is 2. The van der Waals surface area contributed by atoms with Crippen molar-refractivity contribution in [1.82, 2.24) is 15.5 Å². The van der Waals surface area contributed by atoms with Crippen molar-refractivity contribution in [2.45, 2.75) is 38.1 Å². The Balaban J connectivity index is 1.67. The molecule has 1 heterocycles. The Bertz CT molecular complexity index is 350. The van der Waals surface area contributed by atoms with E-state index in [9.17, 15) is 9.59 Å². The molecule has 3 N–H and O–H groups in total. The summed E-state index contributed by atoms with van der Waals surface area (Å²) in [5.74, 6) is 0.0356. The molecule has 20 heavy (non-hydrogen) atoms. The molecule has 2 rings (SSSR count). The normalized spacial score (nSPS) is 22.2. The van der Waals surface area contributed by atoms with Crippen molar-refractivity contribution < 1.29 is 14.7 Å². The number of hydrogen-bond donors (Lipinski definition) is 3. The van der Waals surface area contributed by atoms with Crippen molar-refractivity contribution in [2.24, 2.45) is 11.8 Å². The lowest BCUT2D eigenvalue weighted by Crippen LogP contribution is -2.46. The Morgan fingerprint density at radius 2 is 1.90 bits per heavy atom. The molecule has 2 amide bonds. The van der Waals surface area contributed by atoms with Gasteiger partial charge in [0.05, 0.1) is 6.42 Å². The fourth-order valence-corrected chi connectivity index (χ4v) is 2.74. The van der Waals surface area contributed by atoms with Gasteiger partial charge >= 0.3 is 12.0 Å². The molecule has 114 valence electrons. The molecule has 1 aliphatic carbocycles. The summed E-state index contributed by atoms with van der Waals surface area (Å²) in [6.45, 7) is 2.85. The highest BCUT2D eigenvalue weighted by atomic mass is 16.4. The minimum atomic E-state index is -0.850. The maximum atomic E-state index is 11.8. The summed E-state index contributed by atoms with van der Waals surface area (Å²) in [5.41, 5.74) is 0. The molecule has 1 unspecified atom stereocenters. The van der Waals surface area contributed by atoms with Crippen molar-refractivity contribution in [3.05, 3.63) is 0 Å². The average Bonchev–Trinajstić information content (AvgIpc) is 3.21. The predicted octanol–water partition coefficient (Wildman–Crippen LogP) is 0.881. The molecule has 2 aliphatic rings. The summed E-state index contributed by atoms with van der Waals surface area (Å²) < 4.78 is 0. The van der Waals surface area contributed by atoms with E-state index in [4.69, 9.17) is 5.11 Å². The van der Waals surface area contributed by atoms with E-state index in [1.807, 2.05) is 0 Å². The van der Waals surface area contributed by atoms with Crippen molar-refractivity contribution in [2.75, 3.05) is 26.7 Å². The first kappa shape index (κ1) is 15.1. The lowest BCUT2D eigenvalue weighted by Gasteiger charge is -2.29. The second kappa shape index (κ2) is 6.92. The average molecular weight is 283 g/mol. The third-order valence-corrected chi connectivity index (χ3v) is 4.29. The molecular formula is C14H25N3O3. The molecule has 6 nitrogen and oxygen atoms in total. The van der Waals surface area contributed by atoms with Gasteiger partial charge in [0.1, 0.15) is 0 Å². The summed E-state index contributed by atoms with van der Waals surface area (Å²) in [5, 5.41) is 14.6. The Labute approximate surface area is 119 Å². The summed E-state index contributed by atoms with van der Waals surface area (Å²) in [7, 11) is 2.11. The first-order valence-corrected chi connectivity index (χ1v) is 7.49. The van der Waals surface area contributed by atoms with E-state index >= 15 is 0 Å². The van der Waals surface area contributed by atoms with E-state index in [1.165, 1.54) is 0 Å². The van der Waals surface area contributed by atoms with Crippen molar-refractivity contribution >= 4 is 12.0 Å².